The van der Waals surface area contributed by atoms with Gasteiger partial charge >= 0.3 is 0 Å². The summed E-state index contributed by atoms with van der Waals surface area (Å²) in [6.07, 6.45) is 0.920. The molecule has 0 radical (unpaired) electrons. The summed E-state index contributed by atoms with van der Waals surface area (Å²) in [4.78, 5) is 0. The van der Waals surface area contributed by atoms with Gasteiger partial charge in [0.1, 0.15) is 5.75 Å². The standard InChI is InChI=1S/C10H15NO.ClH/c1-8-9(6-7-11)4-3-5-10(8)12-2;/h3-5H,6-7,11H2,1-2H3;1H. The number of halogens is 1. The number of hydrogen-bond acceptors (Lipinski definition) is 2. The summed E-state index contributed by atoms with van der Waals surface area (Å²) < 4.78 is 5.19. The predicted molar refractivity (Wildman–Crippen MR) is 57.7 cm³/mol. The molecule has 0 bridgehead atoms. The van der Waals surface area contributed by atoms with Crippen LogP contribution in [-0.2, 0) is 6.42 Å². The van der Waals surface area contributed by atoms with E-state index in [4.69, 9.17) is 10.5 Å². The Morgan fingerprint density at radius 2 is 2.08 bits per heavy atom. The molecular weight excluding hydrogens is 186 g/mol. The fraction of sp³-hybridized carbons (Fsp3) is 0.400. The molecule has 2 N–H and O–H groups in total. The van der Waals surface area contributed by atoms with Gasteiger partial charge < -0.3 is 10.5 Å². The number of benzene rings is 1. The van der Waals surface area contributed by atoms with Crippen LogP contribution in [0.3, 0.4) is 0 Å². The predicted octanol–water partition coefficient (Wildman–Crippen LogP) is 1.93. The minimum Gasteiger partial charge on any atom is -0.496 e. The Hall–Kier alpha value is -0.730. The van der Waals surface area contributed by atoms with E-state index in [1.54, 1.807) is 7.11 Å². The van der Waals surface area contributed by atoms with E-state index in [1.807, 2.05) is 12.1 Å². The Balaban J connectivity index is 0.00000144. The van der Waals surface area contributed by atoms with Crippen LogP contribution in [0, 0.1) is 6.92 Å². The second-order valence-electron chi connectivity index (χ2n) is 2.78. The summed E-state index contributed by atoms with van der Waals surface area (Å²) >= 11 is 0. The van der Waals surface area contributed by atoms with E-state index in [-0.39, 0.29) is 12.4 Å². The van der Waals surface area contributed by atoms with Crippen molar-refractivity contribution in [3.05, 3.63) is 29.3 Å². The third-order valence-corrected chi connectivity index (χ3v) is 2.03. The molecule has 0 amide bonds. The molecule has 3 heteroatoms. The summed E-state index contributed by atoms with van der Waals surface area (Å²) in [5.74, 6) is 0.945. The molecule has 1 rings (SSSR count). The SMILES string of the molecule is COc1cccc(CCN)c1C.Cl. The lowest BCUT2D eigenvalue weighted by atomic mass is 10.1. The van der Waals surface area contributed by atoms with Gasteiger partial charge in [-0.2, -0.15) is 0 Å². The molecule has 74 valence electrons. The Morgan fingerprint density at radius 1 is 1.38 bits per heavy atom. The Morgan fingerprint density at radius 3 is 2.62 bits per heavy atom. The summed E-state index contributed by atoms with van der Waals surface area (Å²) in [5.41, 5.74) is 7.95. The van der Waals surface area contributed by atoms with Gasteiger partial charge in [-0.1, -0.05) is 12.1 Å². The zero-order valence-electron chi connectivity index (χ0n) is 8.04. The first-order valence-corrected chi connectivity index (χ1v) is 4.12. The molecule has 0 saturated carbocycles. The summed E-state index contributed by atoms with van der Waals surface area (Å²) in [6, 6.07) is 6.05. The lowest BCUT2D eigenvalue weighted by Crippen LogP contribution is -2.04. The van der Waals surface area contributed by atoms with Crippen LogP contribution < -0.4 is 10.5 Å². The van der Waals surface area contributed by atoms with Crippen molar-refractivity contribution in [2.75, 3.05) is 13.7 Å². The van der Waals surface area contributed by atoms with Crippen LogP contribution >= 0.6 is 12.4 Å². The van der Waals surface area contributed by atoms with E-state index < -0.39 is 0 Å². The normalized spacial score (nSPS) is 9.15. The first-order chi connectivity index (χ1) is 5.79. The molecule has 0 atom stereocenters. The molecular formula is C10H16ClNO. The van der Waals surface area contributed by atoms with E-state index in [9.17, 15) is 0 Å². The van der Waals surface area contributed by atoms with Crippen LogP contribution in [-0.4, -0.2) is 13.7 Å². The van der Waals surface area contributed by atoms with Gasteiger partial charge in [0.2, 0.25) is 0 Å². The maximum atomic E-state index is 5.48. The van der Waals surface area contributed by atoms with Crippen molar-refractivity contribution >= 4 is 12.4 Å². The van der Waals surface area contributed by atoms with Gasteiger partial charge in [0.25, 0.3) is 0 Å². The minimum absolute atomic E-state index is 0. The summed E-state index contributed by atoms with van der Waals surface area (Å²) in [7, 11) is 1.69. The van der Waals surface area contributed by atoms with Crippen molar-refractivity contribution in [2.24, 2.45) is 5.73 Å². The van der Waals surface area contributed by atoms with Crippen LogP contribution in [0.1, 0.15) is 11.1 Å². The Bertz CT molecular complexity index is 263. The average Bonchev–Trinajstić information content (AvgIpc) is 2.09. The van der Waals surface area contributed by atoms with Crippen molar-refractivity contribution in [1.29, 1.82) is 0 Å². The van der Waals surface area contributed by atoms with Crippen molar-refractivity contribution in [2.45, 2.75) is 13.3 Å². The van der Waals surface area contributed by atoms with E-state index in [0.717, 1.165) is 12.2 Å². The minimum atomic E-state index is 0. The lowest BCUT2D eigenvalue weighted by molar-refractivity contribution is 0.411. The molecule has 1 aromatic carbocycles. The van der Waals surface area contributed by atoms with Crippen LogP contribution in [0.15, 0.2) is 18.2 Å². The number of hydrogen-bond donors (Lipinski definition) is 1. The second-order valence-corrected chi connectivity index (χ2v) is 2.78. The van der Waals surface area contributed by atoms with E-state index >= 15 is 0 Å². The largest absolute Gasteiger partial charge is 0.496 e. The molecule has 0 aliphatic heterocycles. The van der Waals surface area contributed by atoms with Gasteiger partial charge in [0, 0.05) is 0 Å². The molecule has 0 unspecified atom stereocenters. The fourth-order valence-electron chi connectivity index (χ4n) is 1.31. The quantitative estimate of drug-likeness (QED) is 0.811. The average molecular weight is 202 g/mol. The van der Waals surface area contributed by atoms with Crippen molar-refractivity contribution in [3.8, 4) is 5.75 Å². The molecule has 0 spiro atoms. The molecule has 1 aromatic rings. The lowest BCUT2D eigenvalue weighted by Gasteiger charge is -2.08. The highest BCUT2D eigenvalue weighted by molar-refractivity contribution is 5.85. The van der Waals surface area contributed by atoms with Gasteiger partial charge in [-0.3, -0.25) is 0 Å². The molecule has 0 heterocycles. The molecule has 0 aliphatic rings. The topological polar surface area (TPSA) is 35.2 Å². The highest BCUT2D eigenvalue weighted by Crippen LogP contribution is 2.20. The molecule has 0 aliphatic carbocycles. The first kappa shape index (κ1) is 12.3. The second kappa shape index (κ2) is 5.84. The zero-order valence-corrected chi connectivity index (χ0v) is 8.86. The van der Waals surface area contributed by atoms with Gasteiger partial charge in [0.05, 0.1) is 7.11 Å². The number of rotatable bonds is 3. The van der Waals surface area contributed by atoms with E-state index in [0.29, 0.717) is 6.54 Å². The van der Waals surface area contributed by atoms with Gasteiger partial charge in [0.15, 0.2) is 0 Å². The third-order valence-electron chi connectivity index (χ3n) is 2.03. The van der Waals surface area contributed by atoms with Gasteiger partial charge in [-0.05, 0) is 37.1 Å². The molecule has 0 aromatic heterocycles. The summed E-state index contributed by atoms with van der Waals surface area (Å²) in [5, 5.41) is 0. The smallest absolute Gasteiger partial charge is 0.122 e. The van der Waals surface area contributed by atoms with Gasteiger partial charge in [-0.25, -0.2) is 0 Å². The van der Waals surface area contributed by atoms with Crippen LogP contribution in [0.25, 0.3) is 0 Å². The maximum absolute atomic E-state index is 5.48. The first-order valence-electron chi connectivity index (χ1n) is 4.12. The monoisotopic (exact) mass is 201 g/mol. The Labute approximate surface area is 85.5 Å². The number of nitrogens with two attached hydrogens (primary N) is 1. The number of methoxy groups -OCH3 is 1. The van der Waals surface area contributed by atoms with Crippen molar-refractivity contribution in [3.63, 3.8) is 0 Å². The van der Waals surface area contributed by atoms with E-state index in [1.165, 1.54) is 11.1 Å². The van der Waals surface area contributed by atoms with Crippen molar-refractivity contribution in [1.82, 2.24) is 0 Å². The number of ether oxygens (including phenoxy) is 1. The van der Waals surface area contributed by atoms with Crippen LogP contribution in [0.5, 0.6) is 5.75 Å². The highest BCUT2D eigenvalue weighted by Gasteiger charge is 2.01. The molecule has 0 saturated heterocycles. The highest BCUT2D eigenvalue weighted by atomic mass is 35.5. The molecule has 2 nitrogen and oxygen atoms in total. The van der Waals surface area contributed by atoms with Crippen LogP contribution in [0.4, 0.5) is 0 Å². The van der Waals surface area contributed by atoms with Crippen LogP contribution in [0.2, 0.25) is 0 Å². The maximum Gasteiger partial charge on any atom is 0.122 e. The third kappa shape index (κ3) is 2.90. The Kier molecular flexibility index (Phi) is 5.51. The molecule has 13 heavy (non-hydrogen) atoms. The summed E-state index contributed by atoms with van der Waals surface area (Å²) in [6.45, 7) is 2.75. The van der Waals surface area contributed by atoms with E-state index in [2.05, 4.69) is 13.0 Å². The van der Waals surface area contributed by atoms with Crippen molar-refractivity contribution < 1.29 is 4.74 Å². The zero-order chi connectivity index (χ0) is 8.97. The fourth-order valence-corrected chi connectivity index (χ4v) is 1.31. The molecule has 0 fully saturated rings. The van der Waals surface area contributed by atoms with Gasteiger partial charge in [-0.15, -0.1) is 12.4 Å².